The molecule has 0 aromatic carbocycles. The Morgan fingerprint density at radius 2 is 1.52 bits per heavy atom. The SMILES string of the molecule is C=NCC(C[C@H](NC(=O)OC(C)(C)C)C(=O)OC(C)(C)C)SSC(C)(C)C. The van der Waals surface area contributed by atoms with Crippen LogP contribution in [-0.2, 0) is 14.3 Å². The lowest BCUT2D eigenvalue weighted by molar-refractivity contribution is -0.157. The maximum Gasteiger partial charge on any atom is 0.408 e. The second-order valence-corrected chi connectivity index (χ2v) is 12.6. The van der Waals surface area contributed by atoms with Crippen LogP contribution in [0.25, 0.3) is 0 Å². The molecule has 0 radical (unpaired) electrons. The van der Waals surface area contributed by atoms with Crippen LogP contribution < -0.4 is 5.32 Å². The van der Waals surface area contributed by atoms with Crippen molar-refractivity contribution in [3.05, 3.63) is 0 Å². The minimum atomic E-state index is -0.820. The molecule has 0 bridgehead atoms. The van der Waals surface area contributed by atoms with Gasteiger partial charge in [-0.05, 0) is 54.7 Å². The highest BCUT2D eigenvalue weighted by Gasteiger charge is 2.31. The van der Waals surface area contributed by atoms with Gasteiger partial charge >= 0.3 is 12.1 Å². The molecule has 158 valence electrons. The van der Waals surface area contributed by atoms with Crippen molar-refractivity contribution in [3.8, 4) is 0 Å². The minimum absolute atomic E-state index is 0.000759. The zero-order valence-electron chi connectivity index (χ0n) is 18.2. The van der Waals surface area contributed by atoms with Gasteiger partial charge in [0.15, 0.2) is 0 Å². The summed E-state index contributed by atoms with van der Waals surface area (Å²) in [5.74, 6) is -0.483. The summed E-state index contributed by atoms with van der Waals surface area (Å²) in [4.78, 5) is 28.8. The normalized spacial score (nSPS) is 14.9. The topological polar surface area (TPSA) is 77.0 Å². The third-order valence-electron chi connectivity index (χ3n) is 2.65. The number of nitrogens with one attached hydrogen (secondary N) is 1. The lowest BCUT2D eigenvalue weighted by Crippen LogP contribution is -2.47. The molecule has 2 atom stereocenters. The quantitative estimate of drug-likeness (QED) is 0.343. The molecule has 27 heavy (non-hydrogen) atoms. The first kappa shape index (κ1) is 26.1. The number of ether oxygens (including phenoxy) is 2. The first-order chi connectivity index (χ1) is 12.0. The Labute approximate surface area is 172 Å². The first-order valence-electron chi connectivity index (χ1n) is 9.02. The zero-order valence-corrected chi connectivity index (χ0v) is 19.8. The summed E-state index contributed by atoms with van der Waals surface area (Å²) in [6.45, 7) is 21.1. The Kier molecular flexibility index (Phi) is 10.2. The van der Waals surface area contributed by atoms with Crippen molar-refractivity contribution in [1.82, 2.24) is 5.32 Å². The number of hydrogen-bond donors (Lipinski definition) is 1. The van der Waals surface area contributed by atoms with Gasteiger partial charge in [0.05, 0.1) is 6.54 Å². The molecule has 0 saturated heterocycles. The van der Waals surface area contributed by atoms with Crippen molar-refractivity contribution in [3.63, 3.8) is 0 Å². The number of rotatable bonds is 8. The molecule has 0 aromatic heterocycles. The van der Waals surface area contributed by atoms with E-state index in [-0.39, 0.29) is 10.00 Å². The first-order valence-corrected chi connectivity index (χ1v) is 11.2. The molecule has 0 spiro atoms. The predicted octanol–water partition coefficient (Wildman–Crippen LogP) is 4.86. The van der Waals surface area contributed by atoms with E-state index in [1.54, 1.807) is 63.1 Å². The number of aliphatic imine (C=N–C) groups is 1. The van der Waals surface area contributed by atoms with E-state index in [4.69, 9.17) is 9.47 Å². The molecule has 0 aliphatic rings. The highest BCUT2D eigenvalue weighted by atomic mass is 33.1. The summed E-state index contributed by atoms with van der Waals surface area (Å²) >= 11 is 0. The van der Waals surface area contributed by atoms with Crippen LogP contribution in [0.2, 0.25) is 0 Å². The molecule has 1 N–H and O–H groups in total. The molecular weight excluding hydrogens is 384 g/mol. The van der Waals surface area contributed by atoms with Gasteiger partial charge in [0.2, 0.25) is 0 Å². The Bertz CT molecular complexity index is 505. The van der Waals surface area contributed by atoms with Gasteiger partial charge in [-0.2, -0.15) is 0 Å². The van der Waals surface area contributed by atoms with E-state index in [0.29, 0.717) is 13.0 Å². The van der Waals surface area contributed by atoms with Gasteiger partial charge in [-0.3, -0.25) is 4.99 Å². The van der Waals surface area contributed by atoms with E-state index in [2.05, 4.69) is 37.8 Å². The molecule has 1 unspecified atom stereocenters. The van der Waals surface area contributed by atoms with Crippen LogP contribution in [0.3, 0.4) is 0 Å². The average molecular weight is 421 g/mol. The standard InChI is InChI=1S/C19H36N2O4S2/c1-17(2,3)24-15(22)14(21-16(23)25-18(4,5)6)11-13(12-20-10)26-27-19(7,8)9/h13-14H,10-12H2,1-9H3,(H,21,23)/t13?,14-/m0/s1. The number of carbonyl (C=O) groups excluding carboxylic acids is 2. The third kappa shape index (κ3) is 14.8. The summed E-state index contributed by atoms with van der Waals surface area (Å²) in [5, 5.41) is 2.66. The summed E-state index contributed by atoms with van der Waals surface area (Å²) in [6.07, 6.45) is -0.266. The largest absolute Gasteiger partial charge is 0.458 e. The number of carbonyl (C=O) groups is 2. The molecule has 0 rings (SSSR count). The lowest BCUT2D eigenvalue weighted by atomic mass is 10.1. The Morgan fingerprint density at radius 3 is 1.93 bits per heavy atom. The third-order valence-corrected chi connectivity index (χ3v) is 6.46. The second kappa shape index (κ2) is 10.6. The number of nitrogens with zero attached hydrogens (tertiary/aromatic N) is 1. The number of esters is 1. The average Bonchev–Trinajstić information content (AvgIpc) is 2.39. The van der Waals surface area contributed by atoms with Crippen molar-refractivity contribution < 1.29 is 19.1 Å². The molecule has 8 heteroatoms. The van der Waals surface area contributed by atoms with Gasteiger partial charge in [0.25, 0.3) is 0 Å². The highest BCUT2D eigenvalue weighted by molar-refractivity contribution is 8.77. The molecule has 0 saturated carbocycles. The fourth-order valence-electron chi connectivity index (χ4n) is 1.80. The highest BCUT2D eigenvalue weighted by Crippen LogP contribution is 2.39. The van der Waals surface area contributed by atoms with Gasteiger partial charge in [-0.25, -0.2) is 9.59 Å². The van der Waals surface area contributed by atoms with Crippen molar-refractivity contribution in [1.29, 1.82) is 0 Å². The van der Waals surface area contributed by atoms with Crippen molar-refractivity contribution in [2.75, 3.05) is 6.54 Å². The molecular formula is C19H36N2O4S2. The van der Waals surface area contributed by atoms with Crippen LogP contribution in [0.4, 0.5) is 4.79 Å². The van der Waals surface area contributed by atoms with Crippen LogP contribution in [0, 0.1) is 0 Å². The molecule has 0 heterocycles. The monoisotopic (exact) mass is 420 g/mol. The van der Waals surface area contributed by atoms with E-state index >= 15 is 0 Å². The van der Waals surface area contributed by atoms with Crippen molar-refractivity contribution in [2.24, 2.45) is 4.99 Å². The second-order valence-electron chi connectivity index (χ2n) is 9.29. The molecule has 0 aromatic rings. The fraction of sp³-hybridized carbons (Fsp3) is 0.842. The van der Waals surface area contributed by atoms with E-state index < -0.39 is 29.3 Å². The Morgan fingerprint density at radius 1 is 1.00 bits per heavy atom. The van der Waals surface area contributed by atoms with Crippen LogP contribution >= 0.6 is 21.6 Å². The fourth-order valence-corrected chi connectivity index (χ4v) is 4.35. The van der Waals surface area contributed by atoms with Gasteiger partial charge in [0.1, 0.15) is 17.2 Å². The lowest BCUT2D eigenvalue weighted by Gasteiger charge is -2.28. The Hall–Kier alpha value is -0.890. The zero-order chi connectivity index (χ0) is 21.5. The molecule has 0 aliphatic carbocycles. The van der Waals surface area contributed by atoms with Crippen LogP contribution in [0.15, 0.2) is 4.99 Å². The predicted molar refractivity (Wildman–Crippen MR) is 117 cm³/mol. The van der Waals surface area contributed by atoms with E-state index in [0.717, 1.165) is 0 Å². The van der Waals surface area contributed by atoms with Crippen LogP contribution in [0.5, 0.6) is 0 Å². The van der Waals surface area contributed by atoms with Gasteiger partial charge < -0.3 is 14.8 Å². The smallest absolute Gasteiger partial charge is 0.408 e. The number of alkyl carbamates (subject to hydrolysis) is 1. The minimum Gasteiger partial charge on any atom is -0.458 e. The Balaban J connectivity index is 5.25. The number of hydrogen-bond acceptors (Lipinski definition) is 7. The molecule has 1 amide bonds. The van der Waals surface area contributed by atoms with Crippen molar-refractivity contribution in [2.45, 2.75) is 96.0 Å². The van der Waals surface area contributed by atoms with Crippen LogP contribution in [-0.4, -0.2) is 52.6 Å². The van der Waals surface area contributed by atoms with Crippen LogP contribution in [0.1, 0.15) is 68.7 Å². The van der Waals surface area contributed by atoms with Gasteiger partial charge in [0, 0.05) is 10.00 Å². The molecule has 0 fully saturated rings. The van der Waals surface area contributed by atoms with E-state index in [9.17, 15) is 9.59 Å². The van der Waals surface area contributed by atoms with E-state index in [1.807, 2.05) is 0 Å². The van der Waals surface area contributed by atoms with Gasteiger partial charge in [-0.15, -0.1) is 0 Å². The van der Waals surface area contributed by atoms with Gasteiger partial charge in [-0.1, -0.05) is 42.4 Å². The molecule has 0 aliphatic heterocycles. The maximum absolute atomic E-state index is 12.6. The van der Waals surface area contributed by atoms with E-state index in [1.165, 1.54) is 0 Å². The molecule has 6 nitrogen and oxygen atoms in total. The summed E-state index contributed by atoms with van der Waals surface area (Å²) in [7, 11) is 3.35. The summed E-state index contributed by atoms with van der Waals surface area (Å²) < 4.78 is 10.8. The van der Waals surface area contributed by atoms with Crippen molar-refractivity contribution >= 4 is 40.4 Å². The summed E-state index contributed by atoms with van der Waals surface area (Å²) in [6, 6.07) is -0.820. The summed E-state index contributed by atoms with van der Waals surface area (Å²) in [5.41, 5.74) is -1.30. The number of amides is 1. The maximum atomic E-state index is 12.6.